The summed E-state index contributed by atoms with van der Waals surface area (Å²) in [6, 6.07) is 0. The van der Waals surface area contributed by atoms with Crippen LogP contribution in [0.25, 0.3) is 0 Å². The van der Waals surface area contributed by atoms with Gasteiger partial charge in [-0.1, -0.05) is 4.39 Å². The summed E-state index contributed by atoms with van der Waals surface area (Å²) in [6.07, 6.45) is 0.835. The third-order valence-electron chi connectivity index (χ3n) is 1.31. The summed E-state index contributed by atoms with van der Waals surface area (Å²) in [5.74, 6) is -3.81. The zero-order valence-electron chi connectivity index (χ0n) is 6.48. The number of rotatable bonds is 4. The maximum Gasteiger partial charge on any atom is 0.634 e. The summed E-state index contributed by atoms with van der Waals surface area (Å²) in [6.45, 7) is -1.18. The summed E-state index contributed by atoms with van der Waals surface area (Å²) >= 11 is 0. The molecule has 1 rings (SSSR count). The molecule has 76 valence electrons. The highest BCUT2D eigenvalue weighted by Crippen LogP contribution is 2.14. The smallest absolute Gasteiger partial charge is 0.256 e. The van der Waals surface area contributed by atoms with E-state index in [9.17, 15) is 24.6 Å². The maximum absolute atomic E-state index is 13.1. The molecule has 1 aromatic heterocycles. The zero-order valence-corrected chi connectivity index (χ0v) is 6.48. The second kappa shape index (κ2) is 3.27. The van der Waals surface area contributed by atoms with Crippen molar-refractivity contribution < 1.29 is 14.2 Å². The molecule has 14 heavy (non-hydrogen) atoms. The van der Waals surface area contributed by atoms with Crippen LogP contribution in [0.3, 0.4) is 0 Å². The van der Waals surface area contributed by atoms with Gasteiger partial charge in [0.15, 0.2) is 0 Å². The molecule has 1 heterocycles. The Morgan fingerprint density at radius 3 is 2.36 bits per heavy atom. The van der Waals surface area contributed by atoms with Crippen LogP contribution in [0.2, 0.25) is 0 Å². The zero-order chi connectivity index (χ0) is 10.8. The van der Waals surface area contributed by atoms with Crippen molar-refractivity contribution in [2.75, 3.05) is 0 Å². The van der Waals surface area contributed by atoms with Crippen molar-refractivity contribution in [2.45, 2.75) is 12.5 Å². The first kappa shape index (κ1) is 9.88. The van der Waals surface area contributed by atoms with E-state index in [0.29, 0.717) is 4.68 Å². The molecular formula is C3H3FN6O4. The van der Waals surface area contributed by atoms with Crippen molar-refractivity contribution in [3.8, 4) is 0 Å². The predicted molar refractivity (Wildman–Crippen MR) is 35.6 cm³/mol. The molecule has 10 nitrogen and oxygen atoms in total. The van der Waals surface area contributed by atoms with Crippen LogP contribution in [-0.4, -0.2) is 36.0 Å². The van der Waals surface area contributed by atoms with E-state index in [4.69, 9.17) is 0 Å². The number of alkyl halides is 1. The van der Waals surface area contributed by atoms with Gasteiger partial charge in [0.05, 0.1) is 0 Å². The van der Waals surface area contributed by atoms with Crippen LogP contribution in [0.4, 0.5) is 4.39 Å². The topological polar surface area (TPSA) is 130 Å². The van der Waals surface area contributed by atoms with Crippen LogP contribution in [0.5, 0.6) is 0 Å². The lowest BCUT2D eigenvalue weighted by molar-refractivity contribution is -0.833. The number of aromatic nitrogens is 4. The molecule has 0 N–H and O–H groups in total. The fourth-order valence-electron chi connectivity index (χ4n) is 0.641. The van der Waals surface area contributed by atoms with Gasteiger partial charge >= 0.3 is 5.92 Å². The fraction of sp³-hybridized carbons (Fsp3) is 0.667. The molecule has 11 heteroatoms. The Kier molecular flexibility index (Phi) is 2.31. The molecule has 0 saturated heterocycles. The van der Waals surface area contributed by atoms with E-state index in [0.717, 1.165) is 6.33 Å². The second-order valence-corrected chi connectivity index (χ2v) is 2.24. The number of hydrogen-bond donors (Lipinski definition) is 0. The Morgan fingerprint density at radius 1 is 1.43 bits per heavy atom. The van der Waals surface area contributed by atoms with Gasteiger partial charge in [0.2, 0.25) is 6.54 Å². The van der Waals surface area contributed by atoms with Crippen LogP contribution in [0.1, 0.15) is 0 Å². The highest BCUT2D eigenvalue weighted by molar-refractivity contribution is 4.55. The minimum atomic E-state index is -3.81. The molecule has 0 aliphatic rings. The largest absolute Gasteiger partial charge is 0.634 e. The van der Waals surface area contributed by atoms with Gasteiger partial charge in [-0.15, -0.1) is 5.10 Å². The van der Waals surface area contributed by atoms with E-state index in [1.807, 2.05) is 0 Å². The van der Waals surface area contributed by atoms with Crippen molar-refractivity contribution in [1.82, 2.24) is 20.2 Å². The SMILES string of the molecule is O=[N+]([O-])C(F)(Cn1cnnn1)[N+](=O)[O-]. The van der Waals surface area contributed by atoms with Gasteiger partial charge in [-0.2, -0.15) is 0 Å². The Labute approximate surface area is 74.6 Å². The van der Waals surface area contributed by atoms with Gasteiger partial charge in [0, 0.05) is 0 Å². The molecule has 0 amide bonds. The summed E-state index contributed by atoms with van der Waals surface area (Å²) in [7, 11) is 0. The van der Waals surface area contributed by atoms with Crippen LogP contribution < -0.4 is 0 Å². The highest BCUT2D eigenvalue weighted by atomic mass is 19.2. The highest BCUT2D eigenvalue weighted by Gasteiger charge is 2.58. The molecule has 0 spiro atoms. The molecule has 0 radical (unpaired) electrons. The van der Waals surface area contributed by atoms with Crippen molar-refractivity contribution in [3.05, 3.63) is 26.6 Å². The van der Waals surface area contributed by atoms with Crippen LogP contribution >= 0.6 is 0 Å². The Bertz CT molecular complexity index is 336. The summed E-state index contributed by atoms with van der Waals surface area (Å²) in [5, 5.41) is 29.4. The molecule has 0 aliphatic heterocycles. The fourth-order valence-corrected chi connectivity index (χ4v) is 0.641. The third kappa shape index (κ3) is 1.60. The van der Waals surface area contributed by atoms with E-state index >= 15 is 0 Å². The molecule has 0 unspecified atom stereocenters. The van der Waals surface area contributed by atoms with Crippen LogP contribution in [-0.2, 0) is 6.54 Å². The average Bonchev–Trinajstić information content (AvgIpc) is 2.55. The van der Waals surface area contributed by atoms with Gasteiger partial charge in [-0.25, -0.2) is 4.68 Å². The van der Waals surface area contributed by atoms with Gasteiger partial charge in [0.1, 0.15) is 16.2 Å². The number of nitro groups is 2. The van der Waals surface area contributed by atoms with Crippen LogP contribution in [0, 0.1) is 20.2 Å². The summed E-state index contributed by atoms with van der Waals surface area (Å²) < 4.78 is 13.6. The van der Waals surface area contributed by atoms with Gasteiger partial charge in [-0.3, -0.25) is 20.2 Å². The van der Waals surface area contributed by atoms with E-state index in [1.54, 1.807) is 0 Å². The Hall–Kier alpha value is -2.20. The number of tetrazole rings is 1. The molecule has 1 aromatic rings. The molecular weight excluding hydrogens is 203 g/mol. The molecule has 0 fully saturated rings. The monoisotopic (exact) mass is 206 g/mol. The Morgan fingerprint density at radius 2 is 2.00 bits per heavy atom. The van der Waals surface area contributed by atoms with Crippen LogP contribution in [0.15, 0.2) is 6.33 Å². The lowest BCUT2D eigenvalue weighted by Gasteiger charge is -2.06. The third-order valence-corrected chi connectivity index (χ3v) is 1.31. The lowest BCUT2D eigenvalue weighted by Crippen LogP contribution is -2.45. The van der Waals surface area contributed by atoms with Crippen molar-refractivity contribution in [1.29, 1.82) is 0 Å². The normalized spacial score (nSPS) is 11.2. The maximum atomic E-state index is 13.1. The van der Waals surface area contributed by atoms with E-state index in [1.165, 1.54) is 0 Å². The molecule has 0 atom stereocenters. The lowest BCUT2D eigenvalue weighted by atomic mass is 10.5. The first-order valence-corrected chi connectivity index (χ1v) is 3.15. The van der Waals surface area contributed by atoms with Crippen molar-refractivity contribution in [2.24, 2.45) is 0 Å². The Balaban J connectivity index is 2.91. The first-order chi connectivity index (χ1) is 6.47. The van der Waals surface area contributed by atoms with E-state index < -0.39 is 22.3 Å². The van der Waals surface area contributed by atoms with Gasteiger partial charge < -0.3 is 0 Å². The first-order valence-electron chi connectivity index (χ1n) is 3.15. The molecule has 0 aliphatic carbocycles. The van der Waals surface area contributed by atoms with Crippen molar-refractivity contribution in [3.63, 3.8) is 0 Å². The summed E-state index contributed by atoms with van der Waals surface area (Å²) in [4.78, 5) is 16.9. The molecule has 0 aromatic carbocycles. The quantitative estimate of drug-likeness (QED) is 0.263. The average molecular weight is 206 g/mol. The van der Waals surface area contributed by atoms with Gasteiger partial charge in [0.25, 0.3) is 0 Å². The molecule has 0 saturated carbocycles. The number of hydrogen-bond acceptors (Lipinski definition) is 7. The summed E-state index contributed by atoms with van der Waals surface area (Å²) in [5.41, 5.74) is 0. The predicted octanol–water partition coefficient (Wildman–Crippen LogP) is -1.15. The van der Waals surface area contributed by atoms with E-state index in [2.05, 4.69) is 15.5 Å². The minimum Gasteiger partial charge on any atom is -0.256 e. The van der Waals surface area contributed by atoms with E-state index in [-0.39, 0.29) is 0 Å². The minimum absolute atomic E-state index is 0.561. The second-order valence-electron chi connectivity index (χ2n) is 2.24. The number of halogens is 1. The standard InChI is InChI=1S/C3H3FN6O4/c4-3(9(11)12,10(13)14)1-8-2-5-6-7-8/h2H,1H2. The van der Waals surface area contributed by atoms with Gasteiger partial charge in [-0.05, 0) is 10.4 Å². The molecule has 0 bridgehead atoms. The number of nitrogens with zero attached hydrogens (tertiary/aromatic N) is 6. The van der Waals surface area contributed by atoms with Crippen molar-refractivity contribution >= 4 is 0 Å².